The van der Waals surface area contributed by atoms with Gasteiger partial charge >= 0.3 is 0 Å². The smallest absolute Gasteiger partial charge is 0.255 e. The minimum Gasteiger partial charge on any atom is -0.493 e. The van der Waals surface area contributed by atoms with E-state index in [0.717, 1.165) is 28.2 Å². The van der Waals surface area contributed by atoms with Gasteiger partial charge in [-0.3, -0.25) is 9.59 Å². The fraction of sp³-hybridized carbons (Fsp3) is 0.294. The second-order valence-electron chi connectivity index (χ2n) is 10.5. The molecule has 2 heterocycles. The Kier molecular flexibility index (Phi) is 9.20. The average molecular weight is 580 g/mol. The second kappa shape index (κ2) is 13.4. The van der Waals surface area contributed by atoms with E-state index < -0.39 is 0 Å². The van der Waals surface area contributed by atoms with Gasteiger partial charge in [-0.25, -0.2) is 0 Å². The number of aromatic nitrogens is 2. The summed E-state index contributed by atoms with van der Waals surface area (Å²) in [7, 11) is 3.20. The molecule has 0 aliphatic carbocycles. The van der Waals surface area contributed by atoms with Crippen LogP contribution in [-0.4, -0.2) is 78.8 Å². The molecule has 43 heavy (non-hydrogen) atoms. The molecule has 3 aromatic carbocycles. The van der Waals surface area contributed by atoms with Gasteiger partial charge in [-0.1, -0.05) is 48.5 Å². The van der Waals surface area contributed by atoms with Crippen LogP contribution in [0, 0.1) is 6.92 Å². The van der Waals surface area contributed by atoms with E-state index >= 15 is 0 Å². The fourth-order valence-electron chi connectivity index (χ4n) is 5.34. The molecule has 222 valence electrons. The third-order valence-corrected chi connectivity index (χ3v) is 7.98. The molecule has 0 N–H and O–H groups in total. The molecule has 0 radical (unpaired) electrons. The summed E-state index contributed by atoms with van der Waals surface area (Å²) in [5.41, 5.74) is 4.08. The lowest BCUT2D eigenvalue weighted by molar-refractivity contribution is -0.132. The van der Waals surface area contributed by atoms with Crippen molar-refractivity contribution in [1.82, 2.24) is 20.0 Å². The van der Waals surface area contributed by atoms with E-state index in [0.29, 0.717) is 43.2 Å². The van der Waals surface area contributed by atoms with Crippen LogP contribution in [0.25, 0.3) is 11.3 Å². The number of hydrogen-bond donors (Lipinski definition) is 0. The zero-order valence-electron chi connectivity index (χ0n) is 25.1. The monoisotopic (exact) mass is 579 g/mol. The molecule has 0 bridgehead atoms. The quantitative estimate of drug-likeness (QED) is 0.275. The SMILES string of the molecule is COc1ccc(-c2ccc(N3CCN(C(=O)CN(C(=O)c4ccccc4C)C(C)c4ccccc4)CC3)nn2)cc1OC. The van der Waals surface area contributed by atoms with Crippen LogP contribution in [0.3, 0.4) is 0 Å². The number of rotatable bonds is 9. The summed E-state index contributed by atoms with van der Waals surface area (Å²) in [6, 6.07) is 26.6. The Morgan fingerprint density at radius 2 is 1.53 bits per heavy atom. The minimum absolute atomic E-state index is 0.00303. The van der Waals surface area contributed by atoms with E-state index in [1.54, 1.807) is 19.1 Å². The molecular formula is C34H37N5O4. The molecule has 1 aliphatic heterocycles. The number of methoxy groups -OCH3 is 2. The summed E-state index contributed by atoms with van der Waals surface area (Å²) in [6.07, 6.45) is 0. The normalized spacial score (nSPS) is 13.8. The molecule has 1 saturated heterocycles. The largest absolute Gasteiger partial charge is 0.493 e. The summed E-state index contributed by atoms with van der Waals surface area (Å²) in [5.74, 6) is 1.82. The highest BCUT2D eigenvalue weighted by Crippen LogP contribution is 2.32. The van der Waals surface area contributed by atoms with Gasteiger partial charge in [0.2, 0.25) is 5.91 Å². The molecule has 1 fully saturated rings. The second-order valence-corrected chi connectivity index (χ2v) is 10.5. The lowest BCUT2D eigenvalue weighted by atomic mass is 10.0. The Labute approximate surface area is 252 Å². The van der Waals surface area contributed by atoms with Crippen molar-refractivity contribution in [2.45, 2.75) is 19.9 Å². The van der Waals surface area contributed by atoms with E-state index in [1.807, 2.05) is 104 Å². The van der Waals surface area contributed by atoms with Gasteiger partial charge in [0.15, 0.2) is 17.3 Å². The molecule has 1 aliphatic rings. The first-order valence-electron chi connectivity index (χ1n) is 14.4. The maximum atomic E-state index is 13.8. The number of anilines is 1. The molecule has 9 heteroatoms. The van der Waals surface area contributed by atoms with Crippen molar-refractivity contribution in [1.29, 1.82) is 0 Å². The van der Waals surface area contributed by atoms with Crippen LogP contribution in [-0.2, 0) is 4.79 Å². The van der Waals surface area contributed by atoms with Crippen LogP contribution in [0.15, 0.2) is 84.9 Å². The van der Waals surface area contributed by atoms with Crippen LogP contribution >= 0.6 is 0 Å². The number of nitrogens with zero attached hydrogens (tertiary/aromatic N) is 5. The Morgan fingerprint density at radius 1 is 0.837 bits per heavy atom. The van der Waals surface area contributed by atoms with Gasteiger partial charge in [0.25, 0.3) is 5.91 Å². The predicted molar refractivity (Wildman–Crippen MR) is 166 cm³/mol. The maximum absolute atomic E-state index is 13.8. The number of hydrogen-bond acceptors (Lipinski definition) is 7. The fourth-order valence-corrected chi connectivity index (χ4v) is 5.34. The van der Waals surface area contributed by atoms with Gasteiger partial charge in [0.1, 0.15) is 6.54 Å². The molecule has 5 rings (SSSR count). The van der Waals surface area contributed by atoms with Gasteiger partial charge in [0.05, 0.1) is 26.0 Å². The number of piperazine rings is 1. The minimum atomic E-state index is -0.266. The Balaban J connectivity index is 1.25. The van der Waals surface area contributed by atoms with E-state index in [4.69, 9.17) is 9.47 Å². The lowest BCUT2D eigenvalue weighted by Crippen LogP contribution is -2.52. The van der Waals surface area contributed by atoms with Crippen molar-refractivity contribution in [2.24, 2.45) is 0 Å². The number of ether oxygens (including phenoxy) is 2. The van der Waals surface area contributed by atoms with Gasteiger partial charge in [-0.05, 0) is 61.4 Å². The maximum Gasteiger partial charge on any atom is 0.255 e. The van der Waals surface area contributed by atoms with Crippen LogP contribution < -0.4 is 14.4 Å². The van der Waals surface area contributed by atoms with Crippen LogP contribution in [0.5, 0.6) is 11.5 Å². The van der Waals surface area contributed by atoms with E-state index in [2.05, 4.69) is 15.1 Å². The van der Waals surface area contributed by atoms with Crippen molar-refractivity contribution < 1.29 is 19.1 Å². The van der Waals surface area contributed by atoms with Crippen molar-refractivity contribution in [2.75, 3.05) is 51.8 Å². The predicted octanol–water partition coefficient (Wildman–Crippen LogP) is 5.02. The van der Waals surface area contributed by atoms with Gasteiger partial charge < -0.3 is 24.2 Å². The number of carbonyl (C=O) groups is 2. The number of carbonyl (C=O) groups excluding carboxylic acids is 2. The molecule has 0 saturated carbocycles. The van der Waals surface area contributed by atoms with Gasteiger partial charge in [-0.2, -0.15) is 0 Å². The number of benzene rings is 3. The topological polar surface area (TPSA) is 88.1 Å². The first-order chi connectivity index (χ1) is 20.9. The molecule has 1 aromatic heterocycles. The zero-order chi connectivity index (χ0) is 30.3. The summed E-state index contributed by atoms with van der Waals surface area (Å²) in [5, 5.41) is 8.90. The Morgan fingerprint density at radius 3 is 2.19 bits per heavy atom. The Bertz CT molecular complexity index is 1550. The van der Waals surface area contributed by atoms with Gasteiger partial charge in [0, 0.05) is 37.3 Å². The molecule has 1 unspecified atom stereocenters. The van der Waals surface area contributed by atoms with E-state index in [-0.39, 0.29) is 24.4 Å². The highest BCUT2D eigenvalue weighted by Gasteiger charge is 2.29. The van der Waals surface area contributed by atoms with Crippen molar-refractivity contribution in [3.63, 3.8) is 0 Å². The molecule has 0 spiro atoms. The molecule has 9 nitrogen and oxygen atoms in total. The van der Waals surface area contributed by atoms with Gasteiger partial charge in [-0.15, -0.1) is 10.2 Å². The zero-order valence-corrected chi connectivity index (χ0v) is 25.1. The molecular weight excluding hydrogens is 542 g/mol. The summed E-state index contributed by atoms with van der Waals surface area (Å²) in [4.78, 5) is 33.0. The summed E-state index contributed by atoms with van der Waals surface area (Å²) < 4.78 is 10.7. The van der Waals surface area contributed by atoms with Crippen molar-refractivity contribution in [3.8, 4) is 22.8 Å². The average Bonchev–Trinajstić information content (AvgIpc) is 3.07. The van der Waals surface area contributed by atoms with Crippen molar-refractivity contribution in [3.05, 3.63) is 102 Å². The Hall–Kier alpha value is -4.92. The van der Waals surface area contributed by atoms with Crippen LogP contribution in [0.4, 0.5) is 5.82 Å². The molecule has 4 aromatic rings. The highest BCUT2D eigenvalue weighted by molar-refractivity contribution is 5.98. The third-order valence-electron chi connectivity index (χ3n) is 7.98. The first kappa shape index (κ1) is 29.6. The van der Waals surface area contributed by atoms with Crippen LogP contribution in [0.1, 0.15) is 34.5 Å². The van der Waals surface area contributed by atoms with E-state index in [9.17, 15) is 9.59 Å². The van der Waals surface area contributed by atoms with Crippen molar-refractivity contribution >= 4 is 17.6 Å². The lowest BCUT2D eigenvalue weighted by Gasteiger charge is -2.37. The number of aryl methyl sites for hydroxylation is 1. The highest BCUT2D eigenvalue weighted by atomic mass is 16.5. The summed E-state index contributed by atoms with van der Waals surface area (Å²) in [6.45, 7) is 6.20. The summed E-state index contributed by atoms with van der Waals surface area (Å²) >= 11 is 0. The molecule has 1 atom stereocenters. The third kappa shape index (κ3) is 6.61. The van der Waals surface area contributed by atoms with Crippen LogP contribution in [0.2, 0.25) is 0 Å². The first-order valence-corrected chi connectivity index (χ1v) is 14.4. The molecule has 2 amide bonds. The number of amides is 2. The van der Waals surface area contributed by atoms with E-state index in [1.165, 1.54) is 0 Å². The standard InChI is InChI=1S/C34H37N5O4/c1-24-10-8-9-13-28(24)34(41)39(25(2)26-11-6-5-7-12-26)23-33(40)38-20-18-37(19-21-38)32-17-15-29(35-36-32)27-14-16-30(42-3)31(22-27)43-4/h5-17,22,25H,18-21,23H2,1-4H3.